The Kier molecular flexibility index (Phi) is 3.27. The smallest absolute Gasteiger partial charge is 0.161 e. The first kappa shape index (κ1) is 11.9. The van der Waals surface area contributed by atoms with Crippen molar-refractivity contribution in [3.8, 4) is 22.8 Å². The summed E-state index contributed by atoms with van der Waals surface area (Å²) >= 11 is 0. The molecular weight excluding hydrogens is 242 g/mol. The number of fused-ring (bicyclic) bond motifs is 1. The topological polar surface area (TPSA) is 59.2 Å². The summed E-state index contributed by atoms with van der Waals surface area (Å²) in [6, 6.07) is 7.94. The number of anilines is 1. The highest BCUT2D eigenvalue weighted by Gasteiger charge is 2.12. The minimum atomic E-state index is 0.696. The first-order valence-corrected chi connectivity index (χ1v) is 6.56. The Hall–Kier alpha value is -2.17. The zero-order valence-corrected chi connectivity index (χ0v) is 10.9. The summed E-state index contributed by atoms with van der Waals surface area (Å²) in [5, 5.41) is 10.4. The molecular formula is C14H17N3O2. The quantitative estimate of drug-likeness (QED) is 0.889. The van der Waals surface area contributed by atoms with E-state index < -0.39 is 0 Å². The third-order valence-electron chi connectivity index (χ3n) is 2.99. The van der Waals surface area contributed by atoms with E-state index >= 15 is 0 Å². The number of ether oxygens (including phenoxy) is 2. The van der Waals surface area contributed by atoms with Crippen LogP contribution >= 0.6 is 0 Å². The maximum absolute atomic E-state index is 5.69. The van der Waals surface area contributed by atoms with Crippen molar-refractivity contribution in [2.24, 2.45) is 0 Å². The van der Waals surface area contributed by atoms with Crippen LogP contribution in [-0.4, -0.2) is 30.0 Å². The van der Waals surface area contributed by atoms with Crippen molar-refractivity contribution in [3.63, 3.8) is 0 Å². The Morgan fingerprint density at radius 1 is 1.21 bits per heavy atom. The molecule has 0 amide bonds. The second-order valence-electron chi connectivity index (χ2n) is 4.41. The highest BCUT2D eigenvalue weighted by Crippen LogP contribution is 2.34. The zero-order valence-electron chi connectivity index (χ0n) is 10.9. The number of aromatic amines is 1. The standard InChI is InChI=1S/C14H17N3O2/c1-2-15-14-9-11(16-17-14)10-4-5-12-13(8-10)19-7-3-6-18-12/h4-5,8-9H,2-3,6-7H2,1H3,(H2,15,16,17). The molecule has 0 saturated heterocycles. The number of aromatic nitrogens is 2. The lowest BCUT2D eigenvalue weighted by Crippen LogP contribution is -1.97. The van der Waals surface area contributed by atoms with Crippen LogP contribution < -0.4 is 14.8 Å². The average Bonchev–Trinajstić information content (AvgIpc) is 2.76. The van der Waals surface area contributed by atoms with E-state index in [4.69, 9.17) is 9.47 Å². The molecule has 0 spiro atoms. The van der Waals surface area contributed by atoms with Crippen molar-refractivity contribution in [2.45, 2.75) is 13.3 Å². The van der Waals surface area contributed by atoms with Crippen LogP contribution in [0.3, 0.4) is 0 Å². The molecule has 3 rings (SSSR count). The number of nitrogens with zero attached hydrogens (tertiary/aromatic N) is 1. The molecule has 0 aliphatic carbocycles. The number of H-pyrrole nitrogens is 1. The Morgan fingerprint density at radius 3 is 2.89 bits per heavy atom. The Labute approximate surface area is 111 Å². The van der Waals surface area contributed by atoms with E-state index in [1.165, 1.54) is 0 Å². The van der Waals surface area contributed by atoms with Gasteiger partial charge in [0, 0.05) is 24.6 Å². The molecule has 0 unspecified atom stereocenters. The third-order valence-corrected chi connectivity index (χ3v) is 2.99. The number of nitrogens with one attached hydrogen (secondary N) is 2. The van der Waals surface area contributed by atoms with Gasteiger partial charge >= 0.3 is 0 Å². The fraction of sp³-hybridized carbons (Fsp3) is 0.357. The van der Waals surface area contributed by atoms with Gasteiger partial charge in [-0.25, -0.2) is 0 Å². The predicted molar refractivity (Wildman–Crippen MR) is 73.8 cm³/mol. The molecule has 1 aromatic heterocycles. The van der Waals surface area contributed by atoms with Gasteiger partial charge < -0.3 is 14.8 Å². The van der Waals surface area contributed by atoms with Crippen LogP contribution in [-0.2, 0) is 0 Å². The summed E-state index contributed by atoms with van der Waals surface area (Å²) in [6.45, 7) is 4.30. The lowest BCUT2D eigenvalue weighted by molar-refractivity contribution is 0.297. The molecule has 2 N–H and O–H groups in total. The molecule has 1 aliphatic heterocycles. The lowest BCUT2D eigenvalue weighted by atomic mass is 10.1. The van der Waals surface area contributed by atoms with Crippen molar-refractivity contribution in [1.29, 1.82) is 0 Å². The van der Waals surface area contributed by atoms with Crippen LogP contribution in [0.15, 0.2) is 24.3 Å². The second-order valence-corrected chi connectivity index (χ2v) is 4.41. The molecule has 1 aliphatic rings. The van der Waals surface area contributed by atoms with E-state index in [1.54, 1.807) is 0 Å². The summed E-state index contributed by atoms with van der Waals surface area (Å²) < 4.78 is 11.3. The second kappa shape index (κ2) is 5.22. The molecule has 19 heavy (non-hydrogen) atoms. The largest absolute Gasteiger partial charge is 0.490 e. The van der Waals surface area contributed by atoms with E-state index in [0.29, 0.717) is 13.2 Å². The van der Waals surface area contributed by atoms with Gasteiger partial charge in [-0.3, -0.25) is 5.10 Å². The number of hydrogen-bond acceptors (Lipinski definition) is 4. The third kappa shape index (κ3) is 2.50. The Morgan fingerprint density at radius 2 is 2.05 bits per heavy atom. The number of rotatable bonds is 3. The van der Waals surface area contributed by atoms with Crippen LogP contribution in [0.4, 0.5) is 5.82 Å². The number of hydrogen-bond donors (Lipinski definition) is 2. The minimum Gasteiger partial charge on any atom is -0.490 e. The predicted octanol–water partition coefficient (Wildman–Crippen LogP) is 2.67. The van der Waals surface area contributed by atoms with Crippen molar-refractivity contribution in [1.82, 2.24) is 10.2 Å². The van der Waals surface area contributed by atoms with E-state index in [9.17, 15) is 0 Å². The molecule has 5 nitrogen and oxygen atoms in total. The van der Waals surface area contributed by atoms with Gasteiger partial charge in [-0.1, -0.05) is 0 Å². The van der Waals surface area contributed by atoms with Crippen LogP contribution in [0.2, 0.25) is 0 Å². The van der Waals surface area contributed by atoms with Gasteiger partial charge in [0.05, 0.1) is 18.9 Å². The van der Waals surface area contributed by atoms with Crippen LogP contribution in [0.5, 0.6) is 11.5 Å². The van der Waals surface area contributed by atoms with Crippen molar-refractivity contribution >= 4 is 5.82 Å². The van der Waals surface area contributed by atoms with Gasteiger partial charge in [-0.05, 0) is 25.1 Å². The van der Waals surface area contributed by atoms with Crippen LogP contribution in [0, 0.1) is 0 Å². The molecule has 5 heteroatoms. The van der Waals surface area contributed by atoms with Crippen molar-refractivity contribution in [2.75, 3.05) is 25.1 Å². The highest BCUT2D eigenvalue weighted by atomic mass is 16.5. The van der Waals surface area contributed by atoms with Crippen molar-refractivity contribution in [3.05, 3.63) is 24.3 Å². The SMILES string of the molecule is CCNc1cc(-c2ccc3c(c2)OCCCO3)[nH]n1. The minimum absolute atomic E-state index is 0.696. The lowest BCUT2D eigenvalue weighted by Gasteiger charge is -2.08. The fourth-order valence-corrected chi connectivity index (χ4v) is 2.07. The molecule has 2 heterocycles. The molecule has 0 atom stereocenters. The molecule has 2 aromatic rings. The molecule has 0 saturated carbocycles. The fourth-order valence-electron chi connectivity index (χ4n) is 2.07. The molecule has 0 bridgehead atoms. The van der Waals surface area contributed by atoms with Gasteiger partial charge in [0.2, 0.25) is 0 Å². The van der Waals surface area contributed by atoms with Crippen LogP contribution in [0.25, 0.3) is 11.3 Å². The maximum atomic E-state index is 5.69. The number of benzene rings is 1. The van der Waals surface area contributed by atoms with E-state index in [-0.39, 0.29) is 0 Å². The van der Waals surface area contributed by atoms with Gasteiger partial charge in [-0.15, -0.1) is 0 Å². The van der Waals surface area contributed by atoms with Crippen LogP contribution in [0.1, 0.15) is 13.3 Å². The van der Waals surface area contributed by atoms with Gasteiger partial charge in [0.15, 0.2) is 11.5 Å². The maximum Gasteiger partial charge on any atom is 0.161 e. The first-order valence-electron chi connectivity index (χ1n) is 6.56. The summed E-state index contributed by atoms with van der Waals surface area (Å²) in [6.07, 6.45) is 0.915. The van der Waals surface area contributed by atoms with E-state index in [0.717, 1.165) is 41.5 Å². The average molecular weight is 259 g/mol. The summed E-state index contributed by atoms with van der Waals surface area (Å²) in [7, 11) is 0. The summed E-state index contributed by atoms with van der Waals surface area (Å²) in [5.41, 5.74) is 2.01. The summed E-state index contributed by atoms with van der Waals surface area (Å²) in [4.78, 5) is 0. The van der Waals surface area contributed by atoms with Gasteiger partial charge in [0.1, 0.15) is 5.82 Å². The normalized spacial score (nSPS) is 13.9. The van der Waals surface area contributed by atoms with Gasteiger partial charge in [-0.2, -0.15) is 5.10 Å². The monoisotopic (exact) mass is 259 g/mol. The van der Waals surface area contributed by atoms with Crippen molar-refractivity contribution < 1.29 is 9.47 Å². The Bertz CT molecular complexity index is 566. The zero-order chi connectivity index (χ0) is 13.1. The van der Waals surface area contributed by atoms with E-state index in [1.807, 2.05) is 31.2 Å². The first-order chi connectivity index (χ1) is 9.36. The molecule has 0 fully saturated rings. The Balaban J connectivity index is 1.89. The molecule has 100 valence electrons. The molecule has 1 aromatic carbocycles. The summed E-state index contributed by atoms with van der Waals surface area (Å²) in [5.74, 6) is 2.46. The van der Waals surface area contributed by atoms with E-state index in [2.05, 4.69) is 15.5 Å². The van der Waals surface area contributed by atoms with Gasteiger partial charge in [0.25, 0.3) is 0 Å². The molecule has 0 radical (unpaired) electrons. The highest BCUT2D eigenvalue weighted by molar-refractivity contribution is 5.66.